The molecule has 0 spiro atoms. The number of piperidine rings is 1. The Morgan fingerprint density at radius 1 is 1.58 bits per heavy atom. The van der Waals surface area contributed by atoms with Crippen LogP contribution in [0.1, 0.15) is 44.3 Å². The Bertz CT molecular complexity index is 483. The molecule has 1 aliphatic rings. The molecule has 7 nitrogen and oxygen atoms in total. The number of hydrogen-bond donors (Lipinski definition) is 1. The molecular formula is C12H17N3O4. The molecule has 1 saturated heterocycles. The second kappa shape index (κ2) is 5.38. The molecule has 104 valence electrons. The predicted molar refractivity (Wildman–Crippen MR) is 64.2 cm³/mol. The van der Waals surface area contributed by atoms with Crippen LogP contribution in [0.2, 0.25) is 0 Å². The third kappa shape index (κ3) is 3.10. The summed E-state index contributed by atoms with van der Waals surface area (Å²) in [7, 11) is 0. The minimum Gasteiger partial charge on any atom is -0.481 e. The van der Waals surface area contributed by atoms with E-state index < -0.39 is 11.9 Å². The molecule has 0 aliphatic carbocycles. The maximum atomic E-state index is 11.8. The van der Waals surface area contributed by atoms with Crippen molar-refractivity contribution < 1.29 is 19.2 Å². The Kier molecular flexibility index (Phi) is 3.82. The molecular weight excluding hydrogens is 250 g/mol. The zero-order valence-electron chi connectivity index (χ0n) is 11.0. The molecule has 1 aliphatic heterocycles. The standard InChI is InChI=1S/C12H17N3O4/c1-7(2)11-13-9(19-14-11)6-15-5-8(12(17)18)3-4-10(15)16/h7-8H,3-6H2,1-2H3,(H,17,18). The van der Waals surface area contributed by atoms with Crippen LogP contribution in [0.4, 0.5) is 0 Å². The molecule has 1 N–H and O–H groups in total. The van der Waals surface area contributed by atoms with Gasteiger partial charge in [0, 0.05) is 18.9 Å². The van der Waals surface area contributed by atoms with Gasteiger partial charge in [0.05, 0.1) is 5.92 Å². The van der Waals surface area contributed by atoms with Gasteiger partial charge in [-0.2, -0.15) is 4.98 Å². The van der Waals surface area contributed by atoms with Crippen molar-refractivity contribution >= 4 is 11.9 Å². The molecule has 1 amide bonds. The molecule has 19 heavy (non-hydrogen) atoms. The van der Waals surface area contributed by atoms with Gasteiger partial charge in [-0.3, -0.25) is 9.59 Å². The zero-order chi connectivity index (χ0) is 14.0. The van der Waals surface area contributed by atoms with Gasteiger partial charge < -0.3 is 14.5 Å². The van der Waals surface area contributed by atoms with Crippen LogP contribution in [-0.2, 0) is 16.1 Å². The maximum Gasteiger partial charge on any atom is 0.308 e. The molecule has 2 rings (SSSR count). The first-order valence-corrected chi connectivity index (χ1v) is 6.30. The zero-order valence-corrected chi connectivity index (χ0v) is 11.0. The lowest BCUT2D eigenvalue weighted by Gasteiger charge is -2.29. The number of aliphatic carboxylic acids is 1. The second-order valence-corrected chi connectivity index (χ2v) is 5.05. The molecule has 1 aromatic rings. The Morgan fingerprint density at radius 2 is 2.32 bits per heavy atom. The minimum atomic E-state index is -0.870. The quantitative estimate of drug-likeness (QED) is 0.874. The van der Waals surface area contributed by atoms with Crippen LogP contribution in [0.15, 0.2) is 4.52 Å². The van der Waals surface area contributed by atoms with Crippen LogP contribution in [0, 0.1) is 5.92 Å². The smallest absolute Gasteiger partial charge is 0.308 e. The van der Waals surface area contributed by atoms with Crippen molar-refractivity contribution in [2.45, 2.75) is 39.2 Å². The minimum absolute atomic E-state index is 0.0678. The van der Waals surface area contributed by atoms with Crippen molar-refractivity contribution in [3.05, 3.63) is 11.7 Å². The van der Waals surface area contributed by atoms with Gasteiger partial charge in [-0.1, -0.05) is 19.0 Å². The highest BCUT2D eigenvalue weighted by Crippen LogP contribution is 2.20. The van der Waals surface area contributed by atoms with Crippen molar-refractivity contribution in [2.24, 2.45) is 5.92 Å². The maximum absolute atomic E-state index is 11.8. The summed E-state index contributed by atoms with van der Waals surface area (Å²) in [5, 5.41) is 12.8. The van der Waals surface area contributed by atoms with E-state index in [2.05, 4.69) is 10.1 Å². The number of likely N-dealkylation sites (tertiary alicyclic amines) is 1. The average molecular weight is 267 g/mol. The fourth-order valence-corrected chi connectivity index (χ4v) is 2.00. The molecule has 1 fully saturated rings. The van der Waals surface area contributed by atoms with Crippen molar-refractivity contribution in [1.82, 2.24) is 15.0 Å². The predicted octanol–water partition coefficient (Wildman–Crippen LogP) is 1.02. The van der Waals surface area contributed by atoms with Gasteiger partial charge >= 0.3 is 5.97 Å². The first kappa shape index (κ1) is 13.5. The van der Waals surface area contributed by atoms with Gasteiger partial charge in [-0.25, -0.2) is 0 Å². The van der Waals surface area contributed by atoms with E-state index >= 15 is 0 Å². The number of carbonyl (C=O) groups excluding carboxylic acids is 1. The Labute approximate surface area is 110 Å². The number of rotatable bonds is 4. The Morgan fingerprint density at radius 3 is 2.89 bits per heavy atom. The number of carboxylic acids is 1. The highest BCUT2D eigenvalue weighted by molar-refractivity contribution is 5.80. The van der Waals surface area contributed by atoms with E-state index in [-0.39, 0.29) is 31.3 Å². The lowest BCUT2D eigenvalue weighted by molar-refractivity contribution is -0.147. The monoisotopic (exact) mass is 267 g/mol. The topological polar surface area (TPSA) is 96.5 Å². The lowest BCUT2D eigenvalue weighted by Crippen LogP contribution is -2.42. The normalized spacial score (nSPS) is 20.1. The summed E-state index contributed by atoms with van der Waals surface area (Å²) in [5.74, 6) is -0.350. The van der Waals surface area contributed by atoms with Gasteiger partial charge in [0.2, 0.25) is 11.8 Å². The van der Waals surface area contributed by atoms with E-state index in [1.807, 2.05) is 13.8 Å². The van der Waals surface area contributed by atoms with Crippen molar-refractivity contribution in [3.63, 3.8) is 0 Å². The molecule has 1 aromatic heterocycles. The summed E-state index contributed by atoms with van der Waals surface area (Å²) < 4.78 is 5.07. The van der Waals surface area contributed by atoms with E-state index in [4.69, 9.17) is 9.63 Å². The van der Waals surface area contributed by atoms with Crippen molar-refractivity contribution in [3.8, 4) is 0 Å². The number of hydrogen-bond acceptors (Lipinski definition) is 5. The number of amides is 1. The average Bonchev–Trinajstić information content (AvgIpc) is 2.80. The summed E-state index contributed by atoms with van der Waals surface area (Å²) >= 11 is 0. The number of aromatic nitrogens is 2. The second-order valence-electron chi connectivity index (χ2n) is 5.05. The molecule has 7 heteroatoms. The Balaban J connectivity index is 2.03. The van der Waals surface area contributed by atoms with Crippen molar-refractivity contribution in [2.75, 3.05) is 6.54 Å². The highest BCUT2D eigenvalue weighted by atomic mass is 16.5. The van der Waals surface area contributed by atoms with E-state index in [0.29, 0.717) is 18.1 Å². The summed E-state index contributed by atoms with van der Waals surface area (Å²) in [6, 6.07) is 0. The van der Waals surface area contributed by atoms with Crippen LogP contribution < -0.4 is 0 Å². The molecule has 0 radical (unpaired) electrons. The fourth-order valence-electron chi connectivity index (χ4n) is 2.00. The largest absolute Gasteiger partial charge is 0.481 e. The van der Waals surface area contributed by atoms with Crippen molar-refractivity contribution in [1.29, 1.82) is 0 Å². The molecule has 1 unspecified atom stereocenters. The summed E-state index contributed by atoms with van der Waals surface area (Å²) in [4.78, 5) is 28.4. The van der Waals surface area contributed by atoms with Crippen LogP contribution in [0.5, 0.6) is 0 Å². The third-order valence-electron chi connectivity index (χ3n) is 3.18. The van der Waals surface area contributed by atoms with Gasteiger partial charge in [-0.05, 0) is 6.42 Å². The number of nitrogens with zero attached hydrogens (tertiary/aromatic N) is 3. The van der Waals surface area contributed by atoms with E-state index in [1.165, 1.54) is 4.90 Å². The third-order valence-corrected chi connectivity index (χ3v) is 3.18. The van der Waals surface area contributed by atoms with Gasteiger partial charge in [0.1, 0.15) is 6.54 Å². The first-order chi connectivity index (χ1) is 8.97. The number of carboxylic acid groups (broad SMARTS) is 1. The van der Waals surface area contributed by atoms with Crippen LogP contribution in [-0.4, -0.2) is 38.6 Å². The van der Waals surface area contributed by atoms with Crippen LogP contribution in [0.25, 0.3) is 0 Å². The molecule has 2 heterocycles. The summed E-state index contributed by atoms with van der Waals surface area (Å²) in [5.41, 5.74) is 0. The molecule has 0 bridgehead atoms. The Hall–Kier alpha value is -1.92. The van der Waals surface area contributed by atoms with E-state index in [9.17, 15) is 9.59 Å². The fraction of sp³-hybridized carbons (Fsp3) is 0.667. The number of carbonyl (C=O) groups is 2. The molecule has 1 atom stereocenters. The SMILES string of the molecule is CC(C)c1noc(CN2CC(C(=O)O)CCC2=O)n1. The van der Waals surface area contributed by atoms with Crippen LogP contribution >= 0.6 is 0 Å². The summed E-state index contributed by atoms with van der Waals surface area (Å²) in [6.45, 7) is 4.28. The first-order valence-electron chi connectivity index (χ1n) is 6.30. The van der Waals surface area contributed by atoms with Gasteiger partial charge in [0.15, 0.2) is 5.82 Å². The van der Waals surface area contributed by atoms with Crippen LogP contribution in [0.3, 0.4) is 0 Å². The van der Waals surface area contributed by atoms with E-state index in [0.717, 1.165) is 0 Å². The molecule has 0 aromatic carbocycles. The summed E-state index contributed by atoms with van der Waals surface area (Å²) in [6.07, 6.45) is 0.647. The van der Waals surface area contributed by atoms with Gasteiger partial charge in [-0.15, -0.1) is 0 Å². The highest BCUT2D eigenvalue weighted by Gasteiger charge is 2.31. The lowest BCUT2D eigenvalue weighted by atomic mass is 9.98. The van der Waals surface area contributed by atoms with E-state index in [1.54, 1.807) is 0 Å². The van der Waals surface area contributed by atoms with Gasteiger partial charge in [0.25, 0.3) is 0 Å². The molecule has 0 saturated carbocycles.